The molecule has 1 saturated heterocycles. The Morgan fingerprint density at radius 2 is 1.75 bits per heavy atom. The molecule has 1 aliphatic rings. The van der Waals surface area contributed by atoms with Gasteiger partial charge in [0, 0.05) is 12.2 Å². The summed E-state index contributed by atoms with van der Waals surface area (Å²) in [5.74, 6) is 0.178. The molecule has 0 bridgehead atoms. The van der Waals surface area contributed by atoms with E-state index in [0.29, 0.717) is 6.54 Å². The molecule has 0 spiro atoms. The molecule has 150 valence electrons. The smallest absolute Gasteiger partial charge is 0.282 e. The van der Waals surface area contributed by atoms with Gasteiger partial charge in [0.15, 0.2) is 12.6 Å². The molecule has 4 N–H and O–H groups in total. The highest BCUT2D eigenvalue weighted by Gasteiger charge is 2.31. The average molecular weight is 385 g/mol. The molecule has 2 aromatic carbocycles. The van der Waals surface area contributed by atoms with E-state index in [2.05, 4.69) is 29.7 Å². The number of nitrogens with one attached hydrogen (secondary N) is 4. The van der Waals surface area contributed by atoms with Crippen LogP contribution in [0.2, 0.25) is 0 Å². The Labute approximate surface area is 166 Å². The van der Waals surface area contributed by atoms with E-state index < -0.39 is 0 Å². The van der Waals surface area contributed by atoms with Gasteiger partial charge in [-0.05, 0) is 36.2 Å². The van der Waals surface area contributed by atoms with Crippen LogP contribution in [-0.2, 0) is 9.59 Å². The van der Waals surface area contributed by atoms with Crippen LogP contribution in [0, 0.1) is 0 Å². The van der Waals surface area contributed by atoms with Crippen molar-refractivity contribution in [2.75, 3.05) is 44.6 Å². The Kier molecular flexibility index (Phi) is 7.01. The predicted molar refractivity (Wildman–Crippen MR) is 112 cm³/mol. The number of rotatable bonds is 7. The Morgan fingerprint density at radius 1 is 1.04 bits per heavy atom. The SMILES string of the molecule is CCCNC(=O)C[NH+]1CC[NH+]([C@@H](C)C(=O)Nc2ccc3ccccc3c2)CC1. The third-order valence-electron chi connectivity index (χ3n) is 5.60. The first kappa shape index (κ1) is 20.3. The van der Waals surface area contributed by atoms with Gasteiger partial charge in [-0.3, -0.25) is 9.59 Å². The van der Waals surface area contributed by atoms with Crippen molar-refractivity contribution in [1.29, 1.82) is 0 Å². The van der Waals surface area contributed by atoms with Crippen molar-refractivity contribution in [2.45, 2.75) is 26.3 Å². The normalized spacial score (nSPS) is 20.5. The number of amides is 2. The number of piperazine rings is 1. The monoisotopic (exact) mass is 384 g/mol. The van der Waals surface area contributed by atoms with Gasteiger partial charge in [0.25, 0.3) is 11.8 Å². The lowest BCUT2D eigenvalue weighted by molar-refractivity contribution is -1.01. The van der Waals surface area contributed by atoms with Gasteiger partial charge in [-0.2, -0.15) is 0 Å². The van der Waals surface area contributed by atoms with Gasteiger partial charge < -0.3 is 20.4 Å². The summed E-state index contributed by atoms with van der Waals surface area (Å²) in [6.45, 7) is 8.97. The Balaban J connectivity index is 1.49. The highest BCUT2D eigenvalue weighted by molar-refractivity contribution is 5.96. The molecule has 3 rings (SSSR count). The molecule has 0 aromatic heterocycles. The lowest BCUT2D eigenvalue weighted by Gasteiger charge is -2.32. The molecular formula is C22H32N4O2+2. The number of carbonyl (C=O) groups is 2. The summed E-state index contributed by atoms with van der Waals surface area (Å²) in [5, 5.41) is 8.30. The fraction of sp³-hybridized carbons (Fsp3) is 0.455. The second-order valence-electron chi connectivity index (χ2n) is 7.71. The molecule has 0 saturated carbocycles. The van der Waals surface area contributed by atoms with Crippen molar-refractivity contribution < 1.29 is 19.4 Å². The predicted octanol–water partition coefficient (Wildman–Crippen LogP) is -0.524. The number of hydrogen-bond donors (Lipinski definition) is 4. The van der Waals surface area contributed by atoms with Crippen LogP contribution in [0.15, 0.2) is 42.5 Å². The van der Waals surface area contributed by atoms with Crippen LogP contribution in [0.3, 0.4) is 0 Å². The fourth-order valence-electron chi connectivity index (χ4n) is 3.79. The summed E-state index contributed by atoms with van der Waals surface area (Å²) in [7, 11) is 0. The zero-order valence-electron chi connectivity index (χ0n) is 16.9. The minimum absolute atomic E-state index is 0.0504. The third-order valence-corrected chi connectivity index (χ3v) is 5.60. The van der Waals surface area contributed by atoms with Crippen LogP contribution in [-0.4, -0.2) is 57.1 Å². The highest BCUT2D eigenvalue weighted by Crippen LogP contribution is 2.18. The third kappa shape index (κ3) is 5.30. The first-order chi connectivity index (χ1) is 13.6. The first-order valence-corrected chi connectivity index (χ1v) is 10.3. The molecule has 1 atom stereocenters. The maximum atomic E-state index is 12.7. The van der Waals surface area contributed by atoms with E-state index in [-0.39, 0.29) is 17.9 Å². The number of quaternary nitrogens is 2. The minimum atomic E-state index is -0.109. The van der Waals surface area contributed by atoms with Crippen LogP contribution < -0.4 is 20.4 Å². The second kappa shape index (κ2) is 9.66. The van der Waals surface area contributed by atoms with E-state index in [4.69, 9.17) is 0 Å². The fourth-order valence-corrected chi connectivity index (χ4v) is 3.79. The molecule has 1 aliphatic heterocycles. The minimum Gasteiger partial charge on any atom is -0.351 e. The van der Waals surface area contributed by atoms with Gasteiger partial charge >= 0.3 is 0 Å². The van der Waals surface area contributed by atoms with Crippen molar-refractivity contribution in [3.8, 4) is 0 Å². The molecule has 28 heavy (non-hydrogen) atoms. The maximum Gasteiger partial charge on any atom is 0.282 e. The summed E-state index contributed by atoms with van der Waals surface area (Å²) in [4.78, 5) is 27.2. The molecule has 0 unspecified atom stereocenters. The van der Waals surface area contributed by atoms with Crippen LogP contribution in [0.5, 0.6) is 0 Å². The average Bonchev–Trinajstić information content (AvgIpc) is 2.72. The molecule has 6 nitrogen and oxygen atoms in total. The number of carbonyl (C=O) groups excluding carboxylic acids is 2. The zero-order valence-corrected chi connectivity index (χ0v) is 16.9. The number of benzene rings is 2. The quantitative estimate of drug-likeness (QED) is 0.519. The summed E-state index contributed by atoms with van der Waals surface area (Å²) in [6.07, 6.45) is 0.961. The van der Waals surface area contributed by atoms with Gasteiger partial charge in [-0.1, -0.05) is 37.3 Å². The van der Waals surface area contributed by atoms with Crippen LogP contribution in [0.25, 0.3) is 10.8 Å². The van der Waals surface area contributed by atoms with Crippen molar-refractivity contribution in [3.05, 3.63) is 42.5 Å². The zero-order chi connectivity index (χ0) is 19.9. The summed E-state index contributed by atoms with van der Waals surface area (Å²) in [6, 6.07) is 14.0. The number of fused-ring (bicyclic) bond motifs is 1. The van der Waals surface area contributed by atoms with Crippen LogP contribution in [0.4, 0.5) is 5.69 Å². The molecule has 0 aliphatic carbocycles. The van der Waals surface area contributed by atoms with Gasteiger partial charge in [-0.15, -0.1) is 0 Å². The van der Waals surface area contributed by atoms with E-state index in [9.17, 15) is 9.59 Å². The summed E-state index contributed by atoms with van der Waals surface area (Å²) in [5.41, 5.74) is 0.840. The van der Waals surface area contributed by atoms with Crippen molar-refractivity contribution in [2.24, 2.45) is 0 Å². The van der Waals surface area contributed by atoms with Gasteiger partial charge in [-0.25, -0.2) is 0 Å². The van der Waals surface area contributed by atoms with Gasteiger partial charge in [0.2, 0.25) is 0 Å². The lowest BCUT2D eigenvalue weighted by atomic mass is 10.1. The Hall–Kier alpha value is -2.44. The summed E-state index contributed by atoms with van der Waals surface area (Å²) < 4.78 is 0. The molecular weight excluding hydrogens is 352 g/mol. The van der Waals surface area contributed by atoms with Gasteiger partial charge in [0.1, 0.15) is 26.2 Å². The van der Waals surface area contributed by atoms with E-state index >= 15 is 0 Å². The van der Waals surface area contributed by atoms with E-state index in [1.165, 1.54) is 15.2 Å². The second-order valence-corrected chi connectivity index (χ2v) is 7.71. The molecule has 1 fully saturated rings. The molecule has 0 radical (unpaired) electrons. The highest BCUT2D eigenvalue weighted by atomic mass is 16.2. The van der Waals surface area contributed by atoms with Gasteiger partial charge in [0.05, 0.1) is 0 Å². The number of hydrogen-bond acceptors (Lipinski definition) is 2. The Morgan fingerprint density at radius 3 is 2.46 bits per heavy atom. The maximum absolute atomic E-state index is 12.7. The van der Waals surface area contributed by atoms with Crippen LogP contribution in [0.1, 0.15) is 20.3 Å². The molecule has 6 heteroatoms. The topological polar surface area (TPSA) is 67.1 Å². The van der Waals surface area contributed by atoms with Crippen molar-refractivity contribution >= 4 is 28.3 Å². The van der Waals surface area contributed by atoms with Crippen LogP contribution >= 0.6 is 0 Å². The van der Waals surface area contributed by atoms with Crippen molar-refractivity contribution in [3.63, 3.8) is 0 Å². The molecule has 2 amide bonds. The van der Waals surface area contributed by atoms with E-state index in [0.717, 1.165) is 50.2 Å². The summed E-state index contributed by atoms with van der Waals surface area (Å²) >= 11 is 0. The molecule has 1 heterocycles. The first-order valence-electron chi connectivity index (χ1n) is 10.3. The van der Waals surface area contributed by atoms with Crippen molar-refractivity contribution in [1.82, 2.24) is 5.32 Å². The van der Waals surface area contributed by atoms with E-state index in [1.807, 2.05) is 37.3 Å². The Bertz CT molecular complexity index is 815. The number of anilines is 1. The standard InChI is InChI=1S/C22H30N4O2/c1-3-10-23-21(27)16-25-11-13-26(14-12-25)17(2)22(28)24-20-9-8-18-6-4-5-7-19(18)15-20/h4-9,15,17H,3,10-14,16H2,1-2H3,(H,23,27)(H,24,28)/p+2/t17-/m0/s1. The largest absolute Gasteiger partial charge is 0.351 e. The van der Waals surface area contributed by atoms with E-state index in [1.54, 1.807) is 0 Å². The molecule has 2 aromatic rings. The lowest BCUT2D eigenvalue weighted by Crippen LogP contribution is -3.30.